The minimum Gasteiger partial charge on any atom is -0.444 e. The van der Waals surface area contributed by atoms with Crippen LogP contribution in [0.25, 0.3) is 0 Å². The zero-order chi connectivity index (χ0) is 16.3. The van der Waals surface area contributed by atoms with Gasteiger partial charge in [0.25, 0.3) is 0 Å². The van der Waals surface area contributed by atoms with E-state index in [1.165, 1.54) is 0 Å². The number of ether oxygens (including phenoxy) is 1. The van der Waals surface area contributed by atoms with Gasteiger partial charge in [0.2, 0.25) is 0 Å². The number of nitrogens with zero attached hydrogens (tertiary/aromatic N) is 2. The lowest BCUT2D eigenvalue weighted by molar-refractivity contribution is 0.0288. The number of aryl methyl sites for hydroxylation is 1. The van der Waals surface area contributed by atoms with Gasteiger partial charge in [-0.3, -0.25) is 0 Å². The number of nitrogens with one attached hydrogen (secondary N) is 1. The first-order valence-electron chi connectivity index (χ1n) is 7.88. The molecule has 1 aliphatic heterocycles. The fourth-order valence-electron chi connectivity index (χ4n) is 2.52. The summed E-state index contributed by atoms with van der Waals surface area (Å²) in [6.45, 7) is 12.3. The van der Waals surface area contributed by atoms with Gasteiger partial charge in [-0.05, 0) is 47.0 Å². The molecule has 0 radical (unpaired) electrons. The number of hydrogen-bond acceptors (Lipinski definition) is 5. The molecule has 1 aliphatic rings. The molecule has 1 saturated heterocycles. The van der Waals surface area contributed by atoms with Gasteiger partial charge in [-0.2, -0.15) is 0 Å². The standard InChI is InChI=1S/C16H27N3O2S/c1-11(14-10-22-12(2)18-14)17-8-13-6-7-19(9-13)15(20)21-16(3,4)5/h10-11,13,17H,6-9H2,1-5H3. The number of aromatic nitrogens is 1. The van der Waals surface area contributed by atoms with Crippen molar-refractivity contribution in [2.75, 3.05) is 19.6 Å². The van der Waals surface area contributed by atoms with Crippen LogP contribution >= 0.6 is 11.3 Å². The van der Waals surface area contributed by atoms with E-state index in [0.717, 1.165) is 36.8 Å². The minimum atomic E-state index is -0.426. The number of rotatable bonds is 4. The summed E-state index contributed by atoms with van der Waals surface area (Å²) in [4.78, 5) is 18.4. The second-order valence-corrected chi connectivity index (χ2v) is 8.06. The van der Waals surface area contributed by atoms with Gasteiger partial charge in [-0.1, -0.05) is 0 Å². The molecule has 0 aliphatic carbocycles. The number of amides is 1. The summed E-state index contributed by atoms with van der Waals surface area (Å²) >= 11 is 1.68. The van der Waals surface area contributed by atoms with Gasteiger partial charge < -0.3 is 15.0 Å². The summed E-state index contributed by atoms with van der Waals surface area (Å²) in [7, 11) is 0. The van der Waals surface area contributed by atoms with Crippen molar-refractivity contribution in [1.82, 2.24) is 15.2 Å². The first kappa shape index (κ1) is 17.2. The Kier molecular flexibility index (Phi) is 5.45. The topological polar surface area (TPSA) is 54.5 Å². The number of likely N-dealkylation sites (tertiary alicyclic amines) is 1. The van der Waals surface area contributed by atoms with Crippen molar-refractivity contribution in [2.45, 2.75) is 52.7 Å². The van der Waals surface area contributed by atoms with Crippen LogP contribution in [0.3, 0.4) is 0 Å². The second-order valence-electron chi connectivity index (χ2n) is 7.00. The van der Waals surface area contributed by atoms with Crippen LogP contribution < -0.4 is 5.32 Å². The fourth-order valence-corrected chi connectivity index (χ4v) is 3.22. The van der Waals surface area contributed by atoms with Crippen molar-refractivity contribution in [2.24, 2.45) is 5.92 Å². The molecule has 22 heavy (non-hydrogen) atoms. The number of carbonyl (C=O) groups excluding carboxylic acids is 1. The van der Waals surface area contributed by atoms with E-state index in [2.05, 4.69) is 22.6 Å². The second kappa shape index (κ2) is 6.96. The molecule has 1 fully saturated rings. The summed E-state index contributed by atoms with van der Waals surface area (Å²) in [5, 5.41) is 6.73. The van der Waals surface area contributed by atoms with Crippen LogP contribution in [0.15, 0.2) is 5.38 Å². The molecule has 1 aromatic rings. The largest absolute Gasteiger partial charge is 0.444 e. The van der Waals surface area contributed by atoms with Gasteiger partial charge in [0.05, 0.1) is 10.7 Å². The third-order valence-electron chi connectivity index (χ3n) is 3.73. The van der Waals surface area contributed by atoms with E-state index >= 15 is 0 Å². The van der Waals surface area contributed by atoms with Crippen molar-refractivity contribution < 1.29 is 9.53 Å². The Labute approximate surface area is 137 Å². The quantitative estimate of drug-likeness (QED) is 0.922. The molecule has 2 atom stereocenters. The predicted molar refractivity (Wildman–Crippen MR) is 89.2 cm³/mol. The van der Waals surface area contributed by atoms with Crippen molar-refractivity contribution in [3.05, 3.63) is 16.1 Å². The van der Waals surface area contributed by atoms with Crippen molar-refractivity contribution in [3.63, 3.8) is 0 Å². The Bertz CT molecular complexity index is 510. The first-order chi connectivity index (χ1) is 10.2. The molecule has 0 aromatic carbocycles. The minimum absolute atomic E-state index is 0.196. The molecular formula is C16H27N3O2S. The highest BCUT2D eigenvalue weighted by atomic mass is 32.1. The van der Waals surface area contributed by atoms with E-state index < -0.39 is 5.60 Å². The summed E-state index contributed by atoms with van der Waals surface area (Å²) in [6.07, 6.45) is 0.827. The molecule has 2 rings (SSSR count). The molecule has 1 N–H and O–H groups in total. The predicted octanol–water partition coefficient (Wildman–Crippen LogP) is 3.36. The number of carbonyl (C=O) groups is 1. The average Bonchev–Trinajstić information content (AvgIpc) is 3.02. The summed E-state index contributed by atoms with van der Waals surface area (Å²) in [5.74, 6) is 0.481. The summed E-state index contributed by atoms with van der Waals surface area (Å²) in [5.41, 5.74) is 0.675. The summed E-state index contributed by atoms with van der Waals surface area (Å²) < 4.78 is 5.43. The van der Waals surface area contributed by atoms with Crippen LogP contribution in [0.1, 0.15) is 50.9 Å². The van der Waals surface area contributed by atoms with Crippen LogP contribution in [0.4, 0.5) is 4.79 Å². The highest BCUT2D eigenvalue weighted by Crippen LogP contribution is 2.21. The van der Waals surface area contributed by atoms with Gasteiger partial charge >= 0.3 is 6.09 Å². The normalized spacial score (nSPS) is 20.2. The van der Waals surface area contributed by atoms with E-state index in [0.29, 0.717) is 5.92 Å². The molecule has 124 valence electrons. The highest BCUT2D eigenvalue weighted by Gasteiger charge is 2.29. The average molecular weight is 325 g/mol. The van der Waals surface area contributed by atoms with Crippen molar-refractivity contribution in [1.29, 1.82) is 0 Å². The molecule has 1 amide bonds. The van der Waals surface area contributed by atoms with Gasteiger partial charge in [0, 0.05) is 31.1 Å². The molecule has 0 spiro atoms. The highest BCUT2D eigenvalue weighted by molar-refractivity contribution is 7.09. The maximum Gasteiger partial charge on any atom is 0.410 e. The van der Waals surface area contributed by atoms with E-state index in [1.54, 1.807) is 11.3 Å². The van der Waals surface area contributed by atoms with Crippen LogP contribution in [0, 0.1) is 12.8 Å². The van der Waals surface area contributed by atoms with Gasteiger partial charge in [-0.25, -0.2) is 9.78 Å². The molecule has 6 heteroatoms. The van der Waals surface area contributed by atoms with Crippen molar-refractivity contribution >= 4 is 17.4 Å². The molecule has 1 aromatic heterocycles. The molecule has 2 heterocycles. The van der Waals surface area contributed by atoms with E-state index in [1.807, 2.05) is 32.6 Å². The first-order valence-corrected chi connectivity index (χ1v) is 8.76. The SMILES string of the molecule is Cc1nc(C(C)NCC2CCN(C(=O)OC(C)(C)C)C2)cs1. The van der Waals surface area contributed by atoms with E-state index in [9.17, 15) is 4.79 Å². The van der Waals surface area contributed by atoms with Crippen LogP contribution in [-0.2, 0) is 4.74 Å². The van der Waals surface area contributed by atoms with Crippen molar-refractivity contribution in [3.8, 4) is 0 Å². The maximum atomic E-state index is 12.0. The fraction of sp³-hybridized carbons (Fsp3) is 0.750. The van der Waals surface area contributed by atoms with E-state index in [4.69, 9.17) is 4.74 Å². The Hall–Kier alpha value is -1.14. The Balaban J connectivity index is 1.75. The Morgan fingerprint density at radius 2 is 2.32 bits per heavy atom. The smallest absolute Gasteiger partial charge is 0.410 e. The zero-order valence-electron chi connectivity index (χ0n) is 14.2. The van der Waals surface area contributed by atoms with Crippen LogP contribution in [0.2, 0.25) is 0 Å². The molecule has 2 unspecified atom stereocenters. The Morgan fingerprint density at radius 1 is 1.59 bits per heavy atom. The monoisotopic (exact) mass is 325 g/mol. The Morgan fingerprint density at radius 3 is 2.91 bits per heavy atom. The van der Waals surface area contributed by atoms with E-state index in [-0.39, 0.29) is 12.1 Å². The lowest BCUT2D eigenvalue weighted by Crippen LogP contribution is -2.36. The number of hydrogen-bond donors (Lipinski definition) is 1. The maximum absolute atomic E-state index is 12.0. The third kappa shape index (κ3) is 4.95. The van der Waals surface area contributed by atoms with Gasteiger partial charge in [0.1, 0.15) is 5.60 Å². The third-order valence-corrected chi connectivity index (χ3v) is 4.52. The van der Waals surface area contributed by atoms with Gasteiger partial charge in [-0.15, -0.1) is 11.3 Å². The molecule has 5 nitrogen and oxygen atoms in total. The molecular weight excluding hydrogens is 298 g/mol. The molecule has 0 bridgehead atoms. The zero-order valence-corrected chi connectivity index (χ0v) is 15.0. The summed E-state index contributed by atoms with van der Waals surface area (Å²) in [6, 6.07) is 0.250. The lowest BCUT2D eigenvalue weighted by atomic mass is 10.1. The van der Waals surface area contributed by atoms with Crippen LogP contribution in [0.5, 0.6) is 0 Å². The van der Waals surface area contributed by atoms with Gasteiger partial charge in [0.15, 0.2) is 0 Å². The lowest BCUT2D eigenvalue weighted by Gasteiger charge is -2.24. The van der Waals surface area contributed by atoms with Crippen LogP contribution in [-0.4, -0.2) is 41.2 Å². The molecule has 0 saturated carbocycles. The number of thiazole rings is 1.